The second kappa shape index (κ2) is 6.33. The number of aryl methyl sites for hydroxylation is 2. The summed E-state index contributed by atoms with van der Waals surface area (Å²) in [7, 11) is 0. The zero-order valence-electron chi connectivity index (χ0n) is 10.9. The zero-order valence-corrected chi connectivity index (χ0v) is 11.7. The molecule has 0 radical (unpaired) electrons. The van der Waals surface area contributed by atoms with E-state index in [4.69, 9.17) is 0 Å². The Kier molecular flexibility index (Phi) is 4.51. The van der Waals surface area contributed by atoms with E-state index < -0.39 is 0 Å². The van der Waals surface area contributed by atoms with Crippen LogP contribution in [0.5, 0.6) is 0 Å². The molecule has 19 heavy (non-hydrogen) atoms. The molecule has 6 nitrogen and oxygen atoms in total. The molecule has 1 amide bonds. The van der Waals surface area contributed by atoms with E-state index in [1.165, 1.54) is 17.5 Å². The molecule has 7 heteroatoms. The normalized spacial score (nSPS) is 10.4. The lowest BCUT2D eigenvalue weighted by atomic mass is 10.3. The Morgan fingerprint density at radius 2 is 2.16 bits per heavy atom. The van der Waals surface area contributed by atoms with E-state index in [0.717, 1.165) is 30.0 Å². The summed E-state index contributed by atoms with van der Waals surface area (Å²) < 4.78 is 0. The van der Waals surface area contributed by atoms with Crippen molar-refractivity contribution in [3.05, 3.63) is 28.8 Å². The van der Waals surface area contributed by atoms with E-state index >= 15 is 0 Å². The van der Waals surface area contributed by atoms with Gasteiger partial charge in [-0.05, 0) is 13.3 Å². The molecule has 2 heterocycles. The van der Waals surface area contributed by atoms with Crippen LogP contribution in [0, 0.1) is 6.92 Å². The number of carbonyl (C=O) groups excluding carboxylic acids is 1. The first-order valence-electron chi connectivity index (χ1n) is 6.11. The van der Waals surface area contributed by atoms with Crippen molar-refractivity contribution in [2.24, 2.45) is 0 Å². The number of amides is 1. The molecule has 0 aliphatic rings. The minimum Gasteiger partial charge on any atom is -0.295 e. The van der Waals surface area contributed by atoms with E-state index in [1.54, 1.807) is 6.20 Å². The monoisotopic (exact) mass is 277 g/mol. The number of hydrogen-bond donors (Lipinski definition) is 1. The maximum Gasteiger partial charge on any atom is 0.277 e. The van der Waals surface area contributed by atoms with Crippen LogP contribution in [-0.4, -0.2) is 26.1 Å². The summed E-state index contributed by atoms with van der Waals surface area (Å²) in [6.45, 7) is 3.94. The molecular weight excluding hydrogens is 262 g/mol. The highest BCUT2D eigenvalue weighted by molar-refractivity contribution is 7.15. The molecule has 0 aliphatic carbocycles. The Bertz CT molecular complexity index is 552. The molecule has 2 rings (SSSR count). The highest BCUT2D eigenvalue weighted by Gasteiger charge is 2.11. The van der Waals surface area contributed by atoms with E-state index in [0.29, 0.717) is 5.13 Å². The first-order chi connectivity index (χ1) is 9.19. The fourth-order valence-electron chi connectivity index (χ4n) is 1.40. The third-order valence-corrected chi connectivity index (χ3v) is 3.34. The van der Waals surface area contributed by atoms with Gasteiger partial charge >= 0.3 is 0 Å². The van der Waals surface area contributed by atoms with Crippen LogP contribution in [-0.2, 0) is 6.42 Å². The van der Waals surface area contributed by atoms with E-state index in [9.17, 15) is 4.79 Å². The molecule has 0 fully saturated rings. The number of nitrogens with one attached hydrogen (secondary N) is 1. The molecule has 2 aromatic heterocycles. The first kappa shape index (κ1) is 13.5. The second-order valence-electron chi connectivity index (χ2n) is 4.10. The smallest absolute Gasteiger partial charge is 0.277 e. The lowest BCUT2D eigenvalue weighted by Gasteiger charge is -1.99. The van der Waals surface area contributed by atoms with E-state index in [1.807, 2.05) is 6.92 Å². The van der Waals surface area contributed by atoms with Crippen LogP contribution in [0.3, 0.4) is 0 Å². The van der Waals surface area contributed by atoms with Crippen molar-refractivity contribution >= 4 is 22.4 Å². The number of anilines is 1. The summed E-state index contributed by atoms with van der Waals surface area (Å²) in [4.78, 5) is 19.9. The van der Waals surface area contributed by atoms with Gasteiger partial charge in [0.25, 0.3) is 5.91 Å². The van der Waals surface area contributed by atoms with Gasteiger partial charge in [-0.3, -0.25) is 15.1 Å². The van der Waals surface area contributed by atoms with Crippen molar-refractivity contribution in [3.8, 4) is 0 Å². The molecule has 2 aromatic rings. The maximum atomic E-state index is 11.9. The number of aromatic nitrogens is 4. The number of unbranched alkanes of at least 4 members (excludes halogenated alkanes) is 1. The molecule has 1 N–H and O–H groups in total. The average Bonchev–Trinajstić information content (AvgIpc) is 2.84. The lowest BCUT2D eigenvalue weighted by Crippen LogP contribution is -2.13. The molecule has 0 aromatic carbocycles. The summed E-state index contributed by atoms with van der Waals surface area (Å²) in [5.41, 5.74) is 1.05. The predicted molar refractivity (Wildman–Crippen MR) is 73.2 cm³/mol. The highest BCUT2D eigenvalue weighted by Crippen LogP contribution is 2.17. The molecule has 0 saturated carbocycles. The van der Waals surface area contributed by atoms with Crippen LogP contribution >= 0.6 is 11.3 Å². The summed E-state index contributed by atoms with van der Waals surface area (Å²) in [6.07, 6.45) is 6.09. The molecule has 0 unspecified atom stereocenters. The minimum absolute atomic E-state index is 0.274. The Balaban J connectivity index is 1.98. The molecule has 0 spiro atoms. The lowest BCUT2D eigenvalue weighted by molar-refractivity contribution is 0.102. The quantitative estimate of drug-likeness (QED) is 0.906. The molecule has 0 saturated heterocycles. The van der Waals surface area contributed by atoms with Crippen LogP contribution in [0.25, 0.3) is 0 Å². The third-order valence-electron chi connectivity index (χ3n) is 2.45. The van der Waals surface area contributed by atoms with Gasteiger partial charge in [0.2, 0.25) is 5.13 Å². The van der Waals surface area contributed by atoms with Crippen molar-refractivity contribution in [1.82, 2.24) is 20.2 Å². The van der Waals surface area contributed by atoms with Crippen LogP contribution in [0.15, 0.2) is 12.4 Å². The highest BCUT2D eigenvalue weighted by atomic mass is 32.1. The van der Waals surface area contributed by atoms with Gasteiger partial charge in [-0.2, -0.15) is 0 Å². The van der Waals surface area contributed by atoms with Gasteiger partial charge < -0.3 is 0 Å². The van der Waals surface area contributed by atoms with Crippen LogP contribution in [0.1, 0.15) is 41.0 Å². The molecule has 0 atom stereocenters. The third kappa shape index (κ3) is 3.78. The van der Waals surface area contributed by atoms with Crippen LogP contribution in [0.2, 0.25) is 0 Å². The van der Waals surface area contributed by atoms with Crippen molar-refractivity contribution in [3.63, 3.8) is 0 Å². The number of rotatable bonds is 5. The van der Waals surface area contributed by atoms with Crippen molar-refractivity contribution < 1.29 is 4.79 Å². The van der Waals surface area contributed by atoms with Gasteiger partial charge in [-0.25, -0.2) is 4.98 Å². The molecule has 0 bridgehead atoms. The van der Waals surface area contributed by atoms with Crippen LogP contribution in [0.4, 0.5) is 5.13 Å². The molecule has 100 valence electrons. The van der Waals surface area contributed by atoms with Gasteiger partial charge in [-0.1, -0.05) is 24.7 Å². The van der Waals surface area contributed by atoms with E-state index in [-0.39, 0.29) is 11.6 Å². The summed E-state index contributed by atoms with van der Waals surface area (Å²) in [5, 5.41) is 12.1. The van der Waals surface area contributed by atoms with Crippen LogP contribution < -0.4 is 5.32 Å². The van der Waals surface area contributed by atoms with Gasteiger partial charge in [0, 0.05) is 12.6 Å². The summed E-state index contributed by atoms with van der Waals surface area (Å²) in [5.74, 6) is -0.314. The number of nitrogens with zero attached hydrogens (tertiary/aromatic N) is 4. The minimum atomic E-state index is -0.314. The fourth-order valence-corrected chi connectivity index (χ4v) is 2.18. The van der Waals surface area contributed by atoms with Gasteiger partial charge in [0.05, 0.1) is 11.9 Å². The average molecular weight is 277 g/mol. The number of hydrogen-bond acceptors (Lipinski definition) is 6. The first-order valence-corrected chi connectivity index (χ1v) is 6.93. The largest absolute Gasteiger partial charge is 0.295 e. The van der Waals surface area contributed by atoms with Crippen molar-refractivity contribution in [1.29, 1.82) is 0 Å². The van der Waals surface area contributed by atoms with Crippen molar-refractivity contribution in [2.75, 3.05) is 5.32 Å². The Hall–Kier alpha value is -1.89. The van der Waals surface area contributed by atoms with E-state index in [2.05, 4.69) is 32.4 Å². The summed E-state index contributed by atoms with van der Waals surface area (Å²) in [6, 6.07) is 0. The maximum absolute atomic E-state index is 11.9. The standard InChI is InChI=1S/C12H15N5OS/c1-3-4-5-10-16-17-12(19-10)15-11(18)9-7-13-8(2)6-14-9/h6-7H,3-5H2,1-2H3,(H,15,17,18). The number of carbonyl (C=O) groups is 1. The Labute approximate surface area is 115 Å². The fraction of sp³-hybridized carbons (Fsp3) is 0.417. The van der Waals surface area contributed by atoms with Gasteiger partial charge in [-0.15, -0.1) is 10.2 Å². The zero-order chi connectivity index (χ0) is 13.7. The molecule has 0 aliphatic heterocycles. The van der Waals surface area contributed by atoms with Crippen molar-refractivity contribution in [2.45, 2.75) is 33.1 Å². The predicted octanol–water partition coefficient (Wildman–Crippen LogP) is 2.23. The van der Waals surface area contributed by atoms with Gasteiger partial charge in [0.15, 0.2) is 0 Å². The van der Waals surface area contributed by atoms with Gasteiger partial charge in [0.1, 0.15) is 10.7 Å². The molecular formula is C12H15N5OS. The Morgan fingerprint density at radius 3 is 2.84 bits per heavy atom. The second-order valence-corrected chi connectivity index (χ2v) is 5.16. The topological polar surface area (TPSA) is 80.7 Å². The Morgan fingerprint density at radius 1 is 1.32 bits per heavy atom. The summed E-state index contributed by atoms with van der Waals surface area (Å²) >= 11 is 1.40. The SMILES string of the molecule is CCCCc1nnc(NC(=O)c2cnc(C)cn2)s1.